The lowest BCUT2D eigenvalue weighted by molar-refractivity contribution is -0.346. The number of rotatable bonds is 8. The number of alkyl halides is 3. The van der Waals surface area contributed by atoms with Crippen LogP contribution in [0.15, 0.2) is 40.5 Å². The van der Waals surface area contributed by atoms with E-state index in [0.29, 0.717) is 0 Å². The molecule has 21 heteroatoms. The van der Waals surface area contributed by atoms with Crippen molar-refractivity contribution in [3.63, 3.8) is 0 Å². The SMILES string of the molecule is CC(=O)O[C@@]12CO[C@@H]1C[C@H](O)[C@@]1(C)C(=O)[C@H](O)C3=C(C)[C@@H](OC(=O)[C@H](O)[C@@H](NC(=O)OC(C)(C)C)C(F)(F)F)C[C@@](O)([C@@H](OC(=O)c4cccc(N=[N+]=[N-])c4)[C@H]21)C3(C)C. The summed E-state index contributed by atoms with van der Waals surface area (Å²) in [4.78, 5) is 70.4. The summed E-state index contributed by atoms with van der Waals surface area (Å²) < 4.78 is 70.8. The van der Waals surface area contributed by atoms with Gasteiger partial charge in [-0.3, -0.25) is 9.59 Å². The number of azide groups is 1. The smallest absolute Gasteiger partial charge is 0.411 e. The number of fused-ring (bicyclic) bond motifs is 5. The number of alkyl carbamates (subject to hydrolysis) is 1. The van der Waals surface area contributed by atoms with Gasteiger partial charge < -0.3 is 49.4 Å². The van der Waals surface area contributed by atoms with E-state index < -0.39 is 125 Å². The van der Waals surface area contributed by atoms with Gasteiger partial charge in [0.25, 0.3) is 0 Å². The van der Waals surface area contributed by atoms with Crippen molar-refractivity contribution in [1.82, 2.24) is 5.32 Å². The Kier molecular flexibility index (Phi) is 11.8. The highest BCUT2D eigenvalue weighted by molar-refractivity contribution is 5.94. The van der Waals surface area contributed by atoms with Crippen LogP contribution >= 0.6 is 0 Å². The van der Waals surface area contributed by atoms with Crippen LogP contribution in [-0.2, 0) is 38.1 Å². The third-order valence-electron chi connectivity index (χ3n) is 12.0. The molecule has 1 aromatic carbocycles. The lowest BCUT2D eigenvalue weighted by Gasteiger charge is -2.67. The molecule has 0 unspecified atom stereocenters. The van der Waals surface area contributed by atoms with E-state index in [1.165, 1.54) is 72.0 Å². The quantitative estimate of drug-likeness (QED) is 0.0627. The van der Waals surface area contributed by atoms with Crippen LogP contribution in [0.25, 0.3) is 10.4 Å². The summed E-state index contributed by atoms with van der Waals surface area (Å²) in [6, 6.07) is 1.86. The van der Waals surface area contributed by atoms with Gasteiger partial charge in [-0.15, -0.1) is 0 Å². The van der Waals surface area contributed by atoms with Gasteiger partial charge in [-0.2, -0.15) is 13.2 Å². The second-order valence-corrected chi connectivity index (χ2v) is 17.1. The molecule has 18 nitrogen and oxygen atoms in total. The lowest BCUT2D eigenvalue weighted by Crippen LogP contribution is -2.81. The summed E-state index contributed by atoms with van der Waals surface area (Å²) in [7, 11) is 0. The molecule has 1 aliphatic heterocycles. The first-order valence-corrected chi connectivity index (χ1v) is 18.5. The van der Waals surface area contributed by atoms with E-state index in [2.05, 4.69) is 10.0 Å². The zero-order chi connectivity index (χ0) is 44.4. The monoisotopic (exact) mass is 840 g/mol. The Morgan fingerprint density at radius 1 is 1.10 bits per heavy atom. The number of carbonyl (C=O) groups excluding carboxylic acids is 5. The standard InChI is InChI=1S/C38H47F3N4O14/c1-16-20(56-31(52)25(49)27(38(39,40)41)43-32(53)59-33(3,4)5)14-37(54)29(57-30(51)18-10-9-11-19(12-18)44-45-42)26-35(8,28(50)24(48)23(16)34(37,6)7)21(47)13-22-36(26,15-55-22)58-17(2)46/h9-12,20-22,24-27,29,47-49,54H,13-15H2,1-8H3,(H,43,53)/t20-,21-,22+,24+,25+,26-,27+,29-,35+,36-,37+/m0/s1. The van der Waals surface area contributed by atoms with Gasteiger partial charge in [0.2, 0.25) is 0 Å². The first-order valence-electron chi connectivity index (χ1n) is 18.5. The first-order chi connectivity index (χ1) is 27.1. The Morgan fingerprint density at radius 2 is 1.75 bits per heavy atom. The molecule has 5 rings (SSSR count). The predicted molar refractivity (Wildman–Crippen MR) is 193 cm³/mol. The normalized spacial score (nSPS) is 33.5. The summed E-state index contributed by atoms with van der Waals surface area (Å²) in [5.41, 5.74) is -1.67. The van der Waals surface area contributed by atoms with Crippen LogP contribution in [0.1, 0.15) is 78.6 Å². The van der Waals surface area contributed by atoms with E-state index in [4.69, 9.17) is 29.2 Å². The Labute approximate surface area is 335 Å². The number of esters is 3. The number of amides is 1. The maximum Gasteiger partial charge on any atom is 0.411 e. The van der Waals surface area contributed by atoms with Gasteiger partial charge in [0.05, 0.1) is 29.6 Å². The van der Waals surface area contributed by atoms with E-state index in [9.17, 15) is 57.6 Å². The van der Waals surface area contributed by atoms with Gasteiger partial charge in [0, 0.05) is 35.8 Å². The second-order valence-electron chi connectivity index (χ2n) is 17.1. The van der Waals surface area contributed by atoms with E-state index in [1.807, 2.05) is 0 Å². The largest absolute Gasteiger partial charge is 0.456 e. The van der Waals surface area contributed by atoms with Crippen LogP contribution in [0, 0.1) is 16.7 Å². The molecule has 324 valence electrons. The number of hydrogen-bond donors (Lipinski definition) is 5. The molecular weight excluding hydrogens is 793 g/mol. The molecule has 3 fully saturated rings. The summed E-state index contributed by atoms with van der Waals surface area (Å²) in [5, 5.41) is 52.7. The van der Waals surface area contributed by atoms with Crippen LogP contribution < -0.4 is 5.32 Å². The molecular formula is C38H47F3N4O14. The van der Waals surface area contributed by atoms with Gasteiger partial charge in [-0.05, 0) is 63.4 Å². The van der Waals surface area contributed by atoms with Gasteiger partial charge in [0.15, 0.2) is 23.5 Å². The first kappa shape index (κ1) is 45.3. The number of hydrogen-bond acceptors (Lipinski definition) is 15. The molecule has 0 aromatic heterocycles. The molecule has 1 amide bonds. The van der Waals surface area contributed by atoms with Crippen molar-refractivity contribution in [2.75, 3.05) is 6.61 Å². The summed E-state index contributed by atoms with van der Waals surface area (Å²) in [6.07, 6.45) is -20.4. The fourth-order valence-electron chi connectivity index (χ4n) is 9.07. The third-order valence-corrected chi connectivity index (χ3v) is 12.0. The van der Waals surface area contributed by atoms with Crippen LogP contribution in [0.5, 0.6) is 0 Å². The molecule has 1 heterocycles. The van der Waals surface area contributed by atoms with Gasteiger partial charge in [-0.1, -0.05) is 31.1 Å². The van der Waals surface area contributed by atoms with Gasteiger partial charge in [-0.25, -0.2) is 14.4 Å². The molecule has 59 heavy (non-hydrogen) atoms. The van der Waals surface area contributed by atoms with E-state index in [-0.39, 0.29) is 28.8 Å². The van der Waals surface area contributed by atoms with E-state index in [0.717, 1.165) is 13.0 Å². The van der Waals surface area contributed by atoms with Crippen molar-refractivity contribution < 1.29 is 81.3 Å². The van der Waals surface area contributed by atoms with Crippen LogP contribution in [0.2, 0.25) is 0 Å². The predicted octanol–water partition coefficient (Wildman–Crippen LogP) is 3.39. The minimum absolute atomic E-state index is 0.0268. The number of ether oxygens (including phenoxy) is 5. The highest BCUT2D eigenvalue weighted by atomic mass is 19.4. The zero-order valence-electron chi connectivity index (χ0n) is 33.4. The van der Waals surface area contributed by atoms with Crippen molar-refractivity contribution in [2.45, 2.75) is 134 Å². The average molecular weight is 841 g/mol. The van der Waals surface area contributed by atoms with Gasteiger partial charge >= 0.3 is 30.2 Å². The number of aliphatic hydroxyl groups excluding tert-OH is 3. The van der Waals surface area contributed by atoms with Gasteiger partial charge in [0.1, 0.15) is 35.6 Å². The number of benzene rings is 1. The summed E-state index contributed by atoms with van der Waals surface area (Å²) >= 11 is 0. The molecule has 2 bridgehead atoms. The number of nitrogens with one attached hydrogen (secondary N) is 1. The fourth-order valence-corrected chi connectivity index (χ4v) is 9.07. The van der Waals surface area contributed by atoms with Crippen molar-refractivity contribution in [2.24, 2.45) is 21.9 Å². The molecule has 5 N–H and O–H groups in total. The Bertz CT molecular complexity index is 2000. The van der Waals surface area contributed by atoms with E-state index in [1.54, 1.807) is 0 Å². The van der Waals surface area contributed by atoms with Crippen LogP contribution in [-0.4, -0.2) is 122 Å². The molecule has 4 aliphatic rings. The minimum atomic E-state index is -5.45. The fraction of sp³-hybridized carbons (Fsp3) is 0.658. The molecule has 0 radical (unpaired) electrons. The number of ketones is 1. The van der Waals surface area contributed by atoms with Crippen molar-refractivity contribution in [3.8, 4) is 0 Å². The number of Topliss-reactive ketones (excluding diaryl/α,β-unsaturated/α-hetero) is 1. The molecule has 0 spiro atoms. The second kappa shape index (κ2) is 15.3. The van der Waals surface area contributed by atoms with E-state index >= 15 is 0 Å². The highest BCUT2D eigenvalue weighted by Crippen LogP contribution is 2.64. The minimum Gasteiger partial charge on any atom is -0.456 e. The number of aliphatic hydroxyl groups is 4. The maximum atomic E-state index is 14.8. The third kappa shape index (κ3) is 7.75. The molecule has 1 saturated heterocycles. The van der Waals surface area contributed by atoms with Crippen LogP contribution in [0.3, 0.4) is 0 Å². The number of halogens is 3. The van der Waals surface area contributed by atoms with Crippen molar-refractivity contribution >= 4 is 35.5 Å². The Hall–Kier alpha value is -4.79. The summed E-state index contributed by atoms with van der Waals surface area (Å²) in [5.74, 6) is -6.90. The summed E-state index contributed by atoms with van der Waals surface area (Å²) in [6.45, 7) is 9.91. The topological polar surface area (TPSA) is 273 Å². The average Bonchev–Trinajstić information content (AvgIpc) is 3.10. The Balaban J connectivity index is 1.69. The van der Waals surface area contributed by atoms with Crippen molar-refractivity contribution in [1.29, 1.82) is 0 Å². The molecule has 11 atom stereocenters. The lowest BCUT2D eigenvalue weighted by atomic mass is 9.44. The number of carbonyl (C=O) groups is 5. The zero-order valence-corrected chi connectivity index (χ0v) is 33.4. The highest BCUT2D eigenvalue weighted by Gasteiger charge is 2.78. The molecule has 2 saturated carbocycles. The molecule has 1 aromatic rings. The Morgan fingerprint density at radius 3 is 2.29 bits per heavy atom. The molecule has 3 aliphatic carbocycles. The van der Waals surface area contributed by atoms with Crippen LogP contribution in [0.4, 0.5) is 23.7 Å². The maximum absolute atomic E-state index is 14.8. The number of nitrogens with zero attached hydrogens (tertiary/aromatic N) is 3. The van der Waals surface area contributed by atoms with Crippen molar-refractivity contribution in [3.05, 3.63) is 51.4 Å².